The first-order valence-electron chi connectivity index (χ1n) is 7.81. The lowest BCUT2D eigenvalue weighted by Crippen LogP contribution is -2.24. The number of carbonyl (C=O) groups is 2. The Morgan fingerprint density at radius 1 is 1.16 bits per heavy atom. The van der Waals surface area contributed by atoms with E-state index in [-0.39, 0.29) is 12.3 Å². The van der Waals surface area contributed by atoms with Crippen LogP contribution in [0, 0.1) is 6.92 Å². The van der Waals surface area contributed by atoms with Gasteiger partial charge in [0.1, 0.15) is 5.69 Å². The molecule has 134 valence electrons. The summed E-state index contributed by atoms with van der Waals surface area (Å²) in [4.78, 5) is 27.0. The molecule has 0 aliphatic carbocycles. The van der Waals surface area contributed by atoms with E-state index in [9.17, 15) is 22.8 Å². The summed E-state index contributed by atoms with van der Waals surface area (Å²) in [5.74, 6) is -0.514. The first-order valence-corrected chi connectivity index (χ1v) is 7.81. The molecule has 0 bridgehead atoms. The van der Waals surface area contributed by atoms with Gasteiger partial charge in [-0.05, 0) is 43.5 Å². The van der Waals surface area contributed by atoms with Crippen LogP contribution < -0.4 is 5.32 Å². The van der Waals surface area contributed by atoms with Crippen molar-refractivity contribution < 1.29 is 22.8 Å². The fourth-order valence-corrected chi connectivity index (χ4v) is 2.78. The summed E-state index contributed by atoms with van der Waals surface area (Å²) in [7, 11) is 0. The van der Waals surface area contributed by atoms with Crippen LogP contribution in [0.2, 0.25) is 0 Å². The molecular weight excluding hydrogens is 333 g/mol. The molecule has 0 atom stereocenters. The Morgan fingerprint density at radius 3 is 2.24 bits per heavy atom. The minimum Gasteiger partial charge on any atom is -0.354 e. The van der Waals surface area contributed by atoms with Gasteiger partial charge in [-0.15, -0.1) is 0 Å². The molecule has 0 saturated heterocycles. The summed E-state index contributed by atoms with van der Waals surface area (Å²) in [5.41, 5.74) is 1.93. The predicted molar refractivity (Wildman–Crippen MR) is 87.5 cm³/mol. The number of hydrogen-bond donors (Lipinski definition) is 2. The minimum absolute atomic E-state index is 0.0909. The highest BCUT2D eigenvalue weighted by atomic mass is 19.4. The number of carbonyl (C=O) groups excluding carboxylic acids is 2. The molecule has 0 radical (unpaired) electrons. The van der Waals surface area contributed by atoms with Gasteiger partial charge in [-0.25, -0.2) is 0 Å². The fourth-order valence-electron chi connectivity index (χ4n) is 2.78. The number of hydrogen-bond acceptors (Lipinski definition) is 2. The van der Waals surface area contributed by atoms with Crippen molar-refractivity contribution in [1.82, 2.24) is 10.3 Å². The maximum atomic E-state index is 12.5. The Balaban J connectivity index is 2.13. The second-order valence-electron chi connectivity index (χ2n) is 5.77. The normalized spacial score (nSPS) is 11.4. The molecule has 0 saturated carbocycles. The number of ketones is 1. The topological polar surface area (TPSA) is 62.0 Å². The molecule has 0 aliphatic heterocycles. The number of alkyl halides is 3. The lowest BCUT2D eigenvalue weighted by atomic mass is 10.0. The number of H-pyrrole nitrogens is 1. The van der Waals surface area contributed by atoms with Crippen LogP contribution in [-0.4, -0.2) is 16.7 Å². The van der Waals surface area contributed by atoms with Crippen molar-refractivity contribution in [2.24, 2.45) is 0 Å². The molecular formula is C18H19F3N2O2. The van der Waals surface area contributed by atoms with E-state index < -0.39 is 17.6 Å². The molecule has 25 heavy (non-hydrogen) atoms. The highest BCUT2D eigenvalue weighted by molar-refractivity contribution is 6.02. The van der Waals surface area contributed by atoms with Gasteiger partial charge in [-0.3, -0.25) is 9.59 Å². The van der Waals surface area contributed by atoms with Crippen LogP contribution >= 0.6 is 0 Å². The molecule has 1 heterocycles. The molecule has 0 spiro atoms. The van der Waals surface area contributed by atoms with Crippen molar-refractivity contribution in [3.05, 3.63) is 57.9 Å². The molecule has 1 aromatic carbocycles. The van der Waals surface area contributed by atoms with Gasteiger partial charge in [0, 0.05) is 17.8 Å². The van der Waals surface area contributed by atoms with Gasteiger partial charge < -0.3 is 10.3 Å². The van der Waals surface area contributed by atoms with Gasteiger partial charge in [0.05, 0.1) is 5.56 Å². The van der Waals surface area contributed by atoms with Crippen LogP contribution in [0.3, 0.4) is 0 Å². The number of nitrogens with one attached hydrogen (secondary N) is 2. The van der Waals surface area contributed by atoms with Gasteiger partial charge in [-0.1, -0.05) is 19.1 Å². The summed E-state index contributed by atoms with van der Waals surface area (Å²) in [6.07, 6.45) is -3.87. The van der Waals surface area contributed by atoms with Crippen LogP contribution in [0.15, 0.2) is 24.3 Å². The third-order valence-electron chi connectivity index (χ3n) is 3.96. The van der Waals surface area contributed by atoms with Gasteiger partial charge in [-0.2, -0.15) is 13.2 Å². The molecule has 0 fully saturated rings. The number of benzene rings is 1. The molecule has 2 rings (SSSR count). The maximum absolute atomic E-state index is 12.5. The average molecular weight is 352 g/mol. The van der Waals surface area contributed by atoms with Gasteiger partial charge in [0.15, 0.2) is 5.78 Å². The van der Waals surface area contributed by atoms with Gasteiger partial charge in [0.2, 0.25) is 0 Å². The summed E-state index contributed by atoms with van der Waals surface area (Å²) in [5, 5.41) is 2.66. The zero-order chi connectivity index (χ0) is 18.8. The Morgan fingerprint density at radius 2 is 1.76 bits per heavy atom. The van der Waals surface area contributed by atoms with Crippen molar-refractivity contribution >= 4 is 11.7 Å². The molecule has 2 N–H and O–H groups in total. The van der Waals surface area contributed by atoms with Crippen LogP contribution in [0.5, 0.6) is 0 Å². The lowest BCUT2D eigenvalue weighted by molar-refractivity contribution is -0.137. The first kappa shape index (κ1) is 18.8. The standard InChI is InChI=1S/C18H19F3N2O2/c1-4-14-15(11(3)24)10(2)23-16(14)17(25)22-9-12-5-7-13(8-6-12)18(19,20)21/h5-8,23H,4,9H2,1-3H3,(H,22,25). The van der Waals surface area contributed by atoms with Gasteiger partial charge in [0.25, 0.3) is 5.91 Å². The lowest BCUT2D eigenvalue weighted by Gasteiger charge is -2.09. The third kappa shape index (κ3) is 4.10. The van der Waals surface area contributed by atoms with Crippen molar-refractivity contribution in [3.63, 3.8) is 0 Å². The monoisotopic (exact) mass is 352 g/mol. The molecule has 1 amide bonds. The van der Waals surface area contributed by atoms with Crippen molar-refractivity contribution in [3.8, 4) is 0 Å². The van der Waals surface area contributed by atoms with Crippen molar-refractivity contribution in [2.75, 3.05) is 0 Å². The van der Waals surface area contributed by atoms with E-state index in [0.29, 0.717) is 34.5 Å². The summed E-state index contributed by atoms with van der Waals surface area (Å²) in [6.45, 7) is 5.11. The van der Waals surface area contributed by atoms with Crippen molar-refractivity contribution in [2.45, 2.75) is 39.9 Å². The summed E-state index contributed by atoms with van der Waals surface area (Å²) in [6, 6.07) is 4.60. The minimum atomic E-state index is -4.39. The second-order valence-corrected chi connectivity index (χ2v) is 5.77. The average Bonchev–Trinajstić information content (AvgIpc) is 2.88. The number of aromatic amines is 1. The smallest absolute Gasteiger partial charge is 0.354 e. The van der Waals surface area contributed by atoms with E-state index in [1.807, 2.05) is 6.92 Å². The highest BCUT2D eigenvalue weighted by Crippen LogP contribution is 2.29. The predicted octanol–water partition coefficient (Wildman–Crippen LogP) is 4.04. The molecule has 0 aliphatic rings. The van der Waals surface area contributed by atoms with E-state index in [0.717, 1.165) is 12.1 Å². The largest absolute Gasteiger partial charge is 0.416 e. The van der Waals surface area contributed by atoms with Crippen LogP contribution in [0.25, 0.3) is 0 Å². The second kappa shape index (κ2) is 7.13. The summed E-state index contributed by atoms with van der Waals surface area (Å²) >= 11 is 0. The Hall–Kier alpha value is -2.57. The number of amides is 1. The van der Waals surface area contributed by atoms with Crippen LogP contribution in [0.4, 0.5) is 13.2 Å². The van der Waals surface area contributed by atoms with Crippen LogP contribution in [-0.2, 0) is 19.1 Å². The third-order valence-corrected chi connectivity index (χ3v) is 3.96. The Labute approximate surface area is 143 Å². The molecule has 2 aromatic rings. The number of aryl methyl sites for hydroxylation is 1. The highest BCUT2D eigenvalue weighted by Gasteiger charge is 2.30. The van der Waals surface area contributed by atoms with Gasteiger partial charge >= 0.3 is 6.18 Å². The van der Waals surface area contributed by atoms with Crippen molar-refractivity contribution in [1.29, 1.82) is 0 Å². The zero-order valence-electron chi connectivity index (χ0n) is 14.2. The van der Waals surface area contributed by atoms with E-state index in [1.165, 1.54) is 19.1 Å². The molecule has 0 unspecified atom stereocenters. The van der Waals surface area contributed by atoms with E-state index in [2.05, 4.69) is 10.3 Å². The first-order chi connectivity index (χ1) is 11.6. The number of Topliss-reactive ketones (excluding diaryl/α,β-unsaturated/α-hetero) is 1. The Kier molecular flexibility index (Phi) is 5.35. The number of halogens is 3. The number of aromatic nitrogens is 1. The van der Waals surface area contributed by atoms with Crippen LogP contribution in [0.1, 0.15) is 57.1 Å². The number of rotatable bonds is 5. The van der Waals surface area contributed by atoms with E-state index in [1.54, 1.807) is 6.92 Å². The molecule has 7 heteroatoms. The molecule has 4 nitrogen and oxygen atoms in total. The summed E-state index contributed by atoms with van der Waals surface area (Å²) < 4.78 is 37.6. The van der Waals surface area contributed by atoms with E-state index >= 15 is 0 Å². The molecule has 1 aromatic heterocycles. The quantitative estimate of drug-likeness (QED) is 0.798. The zero-order valence-corrected chi connectivity index (χ0v) is 14.2. The van der Waals surface area contributed by atoms with E-state index in [4.69, 9.17) is 0 Å². The Bertz CT molecular complexity index is 790. The maximum Gasteiger partial charge on any atom is 0.416 e. The SMILES string of the molecule is CCc1c(C(=O)NCc2ccc(C(F)(F)F)cc2)[nH]c(C)c1C(C)=O. The fraction of sp³-hybridized carbons (Fsp3) is 0.333.